The predicted molar refractivity (Wildman–Crippen MR) is 109 cm³/mol. The van der Waals surface area contributed by atoms with Crippen molar-refractivity contribution in [2.45, 2.75) is 20.3 Å². The Labute approximate surface area is 172 Å². The van der Waals surface area contributed by atoms with Crippen molar-refractivity contribution < 1.29 is 14.5 Å². The van der Waals surface area contributed by atoms with Gasteiger partial charge in [-0.3, -0.25) is 30.6 Å². The molecule has 0 aliphatic heterocycles. The second-order valence-electron chi connectivity index (χ2n) is 5.66. The van der Waals surface area contributed by atoms with Gasteiger partial charge in [-0.05, 0) is 43.2 Å². The van der Waals surface area contributed by atoms with Gasteiger partial charge in [-0.15, -0.1) is 0 Å². The van der Waals surface area contributed by atoms with Gasteiger partial charge in [0, 0.05) is 29.9 Å². The van der Waals surface area contributed by atoms with Crippen molar-refractivity contribution in [2.75, 3.05) is 11.9 Å². The average molecular weight is 418 g/mol. The van der Waals surface area contributed by atoms with E-state index in [1.807, 2.05) is 18.4 Å². The number of non-ortho nitro benzene ring substituents is 1. The van der Waals surface area contributed by atoms with Crippen LogP contribution >= 0.6 is 11.6 Å². The van der Waals surface area contributed by atoms with E-state index < -0.39 is 10.8 Å². The van der Waals surface area contributed by atoms with Crippen LogP contribution in [0.15, 0.2) is 36.4 Å². The molecule has 0 saturated carbocycles. The van der Waals surface area contributed by atoms with E-state index in [-0.39, 0.29) is 11.3 Å². The van der Waals surface area contributed by atoms with E-state index >= 15 is 0 Å². The molecule has 0 aromatic heterocycles. The number of nitrogens with one attached hydrogen (secondary N) is 3. The molecule has 29 heavy (non-hydrogen) atoms. The van der Waals surface area contributed by atoms with E-state index in [9.17, 15) is 19.7 Å². The van der Waals surface area contributed by atoms with Gasteiger partial charge in [-0.25, -0.2) is 0 Å². The Morgan fingerprint density at radius 3 is 2.45 bits per heavy atom. The second kappa shape index (κ2) is 11.9. The van der Waals surface area contributed by atoms with Crippen molar-refractivity contribution in [2.24, 2.45) is 0 Å². The largest absolute Gasteiger partial charge is 0.385 e. The number of rotatable bonds is 7. The van der Waals surface area contributed by atoms with E-state index in [2.05, 4.69) is 23.7 Å². The summed E-state index contributed by atoms with van der Waals surface area (Å²) in [5.74, 6) is -0.544. The molecule has 2 aromatic carbocycles. The van der Waals surface area contributed by atoms with E-state index in [1.54, 1.807) is 6.07 Å². The number of carbonyl (C=O) groups excluding carboxylic acids is 2. The number of amides is 2. The Balaban J connectivity index is 0.000000291. The predicted octanol–water partition coefficient (Wildman–Crippen LogP) is 3.33. The third-order valence-corrected chi connectivity index (χ3v) is 4.14. The monoisotopic (exact) mass is 417 g/mol. The average Bonchev–Trinajstić information content (AvgIpc) is 2.73. The molecule has 0 aliphatic rings. The van der Waals surface area contributed by atoms with Crippen molar-refractivity contribution in [3.8, 4) is 6.07 Å². The molecule has 2 aromatic rings. The van der Waals surface area contributed by atoms with Gasteiger partial charge in [0.15, 0.2) is 0 Å². The van der Waals surface area contributed by atoms with Gasteiger partial charge in [-0.2, -0.15) is 5.26 Å². The molecule has 0 fully saturated rings. The summed E-state index contributed by atoms with van der Waals surface area (Å²) >= 11 is 6.01. The van der Waals surface area contributed by atoms with Crippen LogP contribution in [0.25, 0.3) is 0 Å². The maximum atomic E-state index is 11.2. The van der Waals surface area contributed by atoms with Crippen molar-refractivity contribution in [3.63, 3.8) is 0 Å². The van der Waals surface area contributed by atoms with Crippen LogP contribution in [0.1, 0.15) is 34.8 Å². The molecule has 0 spiro atoms. The van der Waals surface area contributed by atoms with Crippen molar-refractivity contribution in [1.29, 1.82) is 5.26 Å². The Bertz CT molecular complexity index is 910. The van der Waals surface area contributed by atoms with Gasteiger partial charge < -0.3 is 5.32 Å². The summed E-state index contributed by atoms with van der Waals surface area (Å²) < 4.78 is 0. The van der Waals surface area contributed by atoms with Crippen LogP contribution in [0.5, 0.6) is 0 Å². The summed E-state index contributed by atoms with van der Waals surface area (Å²) in [6.07, 6.45) is 1.38. The minimum absolute atomic E-state index is 0.102. The van der Waals surface area contributed by atoms with Crippen LogP contribution in [-0.2, 0) is 4.79 Å². The van der Waals surface area contributed by atoms with Crippen molar-refractivity contribution >= 4 is 35.3 Å². The fourth-order valence-electron chi connectivity index (χ4n) is 2.12. The number of nitro benzene ring substituents is 1. The molecule has 0 atom stereocenters. The minimum atomic E-state index is -0.564. The summed E-state index contributed by atoms with van der Waals surface area (Å²) in [5, 5.41) is 22.9. The Morgan fingerprint density at radius 1 is 1.28 bits per heavy atom. The zero-order valence-corrected chi connectivity index (χ0v) is 16.6. The molecule has 2 amide bonds. The maximum Gasteiger partial charge on any atom is 0.269 e. The molecule has 0 radical (unpaired) electrons. The summed E-state index contributed by atoms with van der Waals surface area (Å²) in [5.41, 5.74) is 6.64. The van der Waals surface area contributed by atoms with Crippen molar-refractivity contribution in [3.05, 3.63) is 68.2 Å². The van der Waals surface area contributed by atoms with Crippen LogP contribution in [0.4, 0.5) is 11.4 Å². The van der Waals surface area contributed by atoms with Crippen LogP contribution < -0.4 is 16.2 Å². The zero-order chi connectivity index (χ0) is 21.8. The summed E-state index contributed by atoms with van der Waals surface area (Å²) in [7, 11) is 0. The molecule has 3 N–H and O–H groups in total. The summed E-state index contributed by atoms with van der Waals surface area (Å²) in [4.78, 5) is 30.8. The van der Waals surface area contributed by atoms with Gasteiger partial charge in [0.25, 0.3) is 11.6 Å². The number of hydrogen-bond acceptors (Lipinski definition) is 6. The van der Waals surface area contributed by atoms with Crippen LogP contribution in [0.2, 0.25) is 5.02 Å². The van der Waals surface area contributed by atoms with Crippen LogP contribution in [0.3, 0.4) is 0 Å². The number of halogens is 1. The first-order chi connectivity index (χ1) is 13.8. The fraction of sp³-hybridized carbons (Fsp3) is 0.211. The van der Waals surface area contributed by atoms with Crippen molar-refractivity contribution in [1.82, 2.24) is 10.9 Å². The smallest absolute Gasteiger partial charge is 0.269 e. The molecule has 0 unspecified atom stereocenters. The summed E-state index contributed by atoms with van der Waals surface area (Å²) in [6.45, 7) is 4.94. The van der Waals surface area contributed by atoms with Gasteiger partial charge >= 0.3 is 0 Å². The van der Waals surface area contributed by atoms with Crippen LogP contribution in [-0.4, -0.2) is 23.8 Å². The topological polar surface area (TPSA) is 137 Å². The lowest BCUT2D eigenvalue weighted by atomic mass is 10.1. The number of nitriles is 1. The molecule has 0 saturated heterocycles. The first-order valence-electron chi connectivity index (χ1n) is 8.52. The lowest BCUT2D eigenvalue weighted by molar-refractivity contribution is -0.384. The molecule has 0 bridgehead atoms. The molecule has 152 valence electrons. The second-order valence-corrected chi connectivity index (χ2v) is 6.04. The minimum Gasteiger partial charge on any atom is -0.385 e. The molecule has 0 heterocycles. The number of carbonyl (C=O) groups is 2. The third-order valence-electron chi connectivity index (χ3n) is 3.66. The normalized spacial score (nSPS) is 9.31. The number of anilines is 1. The molecule has 2 rings (SSSR count). The lowest BCUT2D eigenvalue weighted by Crippen LogP contribution is -2.36. The molecular weight excluding hydrogens is 398 g/mol. The maximum absolute atomic E-state index is 11.2. The highest BCUT2D eigenvalue weighted by atomic mass is 35.5. The Morgan fingerprint density at radius 2 is 1.93 bits per heavy atom. The van der Waals surface area contributed by atoms with Gasteiger partial charge in [0.1, 0.15) is 6.07 Å². The standard InChI is InChI=1S/C11H13ClN2.C8H7N3O4/c1-3-6-14-10-5-4-9(7-13)11(12)8(10)2;12-5-9-10-8(13)6-1-3-7(4-2-6)11(14)15/h4-5,14H,3,6H2,1-2H3;1-5H,(H,9,12)(H,10,13). The summed E-state index contributed by atoms with van der Waals surface area (Å²) in [6, 6.07) is 10.7. The van der Waals surface area contributed by atoms with Crippen LogP contribution in [0, 0.1) is 28.4 Å². The number of hydrazine groups is 1. The Kier molecular flexibility index (Phi) is 9.64. The molecule has 0 aliphatic carbocycles. The highest BCUT2D eigenvalue weighted by molar-refractivity contribution is 6.32. The SMILES string of the molecule is CCCNc1ccc(C#N)c(Cl)c1C.O=CNNC(=O)c1ccc([N+](=O)[O-])cc1. The van der Waals surface area contributed by atoms with Gasteiger partial charge in [-0.1, -0.05) is 18.5 Å². The van der Waals surface area contributed by atoms with E-state index in [0.29, 0.717) is 17.0 Å². The van der Waals surface area contributed by atoms with Gasteiger partial charge in [0.05, 0.1) is 15.5 Å². The van der Waals surface area contributed by atoms with E-state index in [1.165, 1.54) is 24.3 Å². The number of hydrogen-bond donors (Lipinski definition) is 3. The number of nitro groups is 1. The molecular formula is C19H20ClN5O4. The fourth-order valence-corrected chi connectivity index (χ4v) is 2.33. The quantitative estimate of drug-likeness (QED) is 0.359. The number of nitrogens with zero attached hydrogens (tertiary/aromatic N) is 2. The number of benzene rings is 2. The highest BCUT2D eigenvalue weighted by Crippen LogP contribution is 2.26. The van der Waals surface area contributed by atoms with Gasteiger partial charge in [0.2, 0.25) is 6.41 Å². The van der Waals surface area contributed by atoms with E-state index in [4.69, 9.17) is 16.9 Å². The zero-order valence-electron chi connectivity index (χ0n) is 15.9. The van der Waals surface area contributed by atoms with E-state index in [0.717, 1.165) is 24.2 Å². The Hall–Kier alpha value is -3.64. The molecule has 10 heteroatoms. The first-order valence-corrected chi connectivity index (χ1v) is 8.90. The highest BCUT2D eigenvalue weighted by Gasteiger charge is 2.08. The third kappa shape index (κ3) is 7.12. The molecule has 9 nitrogen and oxygen atoms in total. The lowest BCUT2D eigenvalue weighted by Gasteiger charge is -2.10. The first kappa shape index (κ1) is 23.4.